The molecule has 0 spiro atoms. The Bertz CT molecular complexity index is 519. The molecule has 3 heteroatoms. The summed E-state index contributed by atoms with van der Waals surface area (Å²) in [6, 6.07) is 6.10. The van der Waals surface area contributed by atoms with E-state index in [2.05, 4.69) is 15.5 Å². The number of pyridine rings is 1. The van der Waals surface area contributed by atoms with Gasteiger partial charge < -0.3 is 4.40 Å². The topological polar surface area (TPSA) is 34.4 Å². The number of carbonyl (C=O) groups is 1. The third kappa shape index (κ3) is 1.52. The lowest BCUT2D eigenvalue weighted by molar-refractivity contribution is -0.120. The van der Waals surface area contributed by atoms with Crippen LogP contribution in [0.1, 0.15) is 37.4 Å². The smallest absolute Gasteiger partial charge is 0.132 e. The van der Waals surface area contributed by atoms with Crippen molar-refractivity contribution in [3.8, 4) is 0 Å². The van der Waals surface area contributed by atoms with Crippen LogP contribution in [0.5, 0.6) is 0 Å². The quantitative estimate of drug-likeness (QED) is 0.731. The van der Waals surface area contributed by atoms with Crippen LogP contribution in [0.2, 0.25) is 0 Å². The van der Waals surface area contributed by atoms with Gasteiger partial charge in [0.15, 0.2) is 0 Å². The molecule has 3 nitrogen and oxygen atoms in total. The number of imidazole rings is 1. The first-order valence-corrected chi connectivity index (χ1v) is 5.78. The molecule has 16 heavy (non-hydrogen) atoms. The maximum atomic E-state index is 11.2. The van der Waals surface area contributed by atoms with E-state index in [4.69, 9.17) is 0 Å². The summed E-state index contributed by atoms with van der Waals surface area (Å²) in [5, 5.41) is 0. The Kier molecular flexibility index (Phi) is 2.24. The summed E-state index contributed by atoms with van der Waals surface area (Å²) in [5.41, 5.74) is 1.13. The Hall–Kier alpha value is -1.64. The number of Topliss-reactive ketones (excluding diaryl/α,β-unsaturated/α-hetero) is 1. The molecule has 2 aromatic rings. The zero-order valence-corrected chi connectivity index (χ0v) is 9.10. The van der Waals surface area contributed by atoms with Crippen LogP contribution in [0.25, 0.3) is 5.52 Å². The molecule has 0 unspecified atom stereocenters. The fraction of sp³-hybridized carbons (Fsp3) is 0.385. The van der Waals surface area contributed by atoms with Crippen molar-refractivity contribution >= 4 is 11.3 Å². The van der Waals surface area contributed by atoms with Gasteiger partial charge in [0.2, 0.25) is 0 Å². The van der Waals surface area contributed by atoms with Gasteiger partial charge in [0.25, 0.3) is 0 Å². The molecule has 1 saturated carbocycles. The molecule has 0 radical (unpaired) electrons. The van der Waals surface area contributed by atoms with Crippen LogP contribution in [-0.4, -0.2) is 15.2 Å². The van der Waals surface area contributed by atoms with Crippen LogP contribution in [0.4, 0.5) is 0 Å². The van der Waals surface area contributed by atoms with Crippen LogP contribution in [-0.2, 0) is 4.79 Å². The molecule has 2 heterocycles. The molecular weight excluding hydrogens is 200 g/mol. The summed E-state index contributed by atoms with van der Waals surface area (Å²) in [6.07, 6.45) is 7.29. The lowest BCUT2D eigenvalue weighted by atomic mass is 9.88. The molecule has 0 amide bonds. The number of rotatable bonds is 1. The first-order chi connectivity index (χ1) is 7.84. The van der Waals surface area contributed by atoms with E-state index in [1.807, 2.05) is 24.5 Å². The van der Waals surface area contributed by atoms with Crippen molar-refractivity contribution in [2.75, 3.05) is 0 Å². The van der Waals surface area contributed by atoms with Gasteiger partial charge >= 0.3 is 0 Å². The van der Waals surface area contributed by atoms with E-state index in [1.165, 1.54) is 0 Å². The molecule has 1 aliphatic carbocycles. The Labute approximate surface area is 94.1 Å². The summed E-state index contributed by atoms with van der Waals surface area (Å²) >= 11 is 0. The van der Waals surface area contributed by atoms with E-state index < -0.39 is 0 Å². The number of fused-ring (bicyclic) bond motifs is 1. The van der Waals surface area contributed by atoms with E-state index in [0.29, 0.717) is 24.5 Å². The van der Waals surface area contributed by atoms with Crippen LogP contribution in [0.3, 0.4) is 0 Å². The average Bonchev–Trinajstić information content (AvgIpc) is 2.74. The monoisotopic (exact) mass is 214 g/mol. The summed E-state index contributed by atoms with van der Waals surface area (Å²) < 4.78 is 2.14. The number of nitrogens with zero attached hydrogens (tertiary/aromatic N) is 2. The minimum atomic E-state index is 0.400. The van der Waals surface area contributed by atoms with Crippen LogP contribution >= 0.6 is 0 Å². The van der Waals surface area contributed by atoms with E-state index in [1.54, 1.807) is 0 Å². The minimum Gasteiger partial charge on any atom is -0.304 e. The first kappa shape index (κ1) is 9.58. The lowest BCUT2D eigenvalue weighted by Gasteiger charge is -2.19. The molecule has 1 fully saturated rings. The van der Waals surface area contributed by atoms with Gasteiger partial charge in [-0.25, -0.2) is 4.98 Å². The first-order valence-electron chi connectivity index (χ1n) is 5.78. The third-order valence-electron chi connectivity index (χ3n) is 3.38. The Morgan fingerprint density at radius 2 is 2.06 bits per heavy atom. The molecule has 0 atom stereocenters. The molecule has 2 aromatic heterocycles. The van der Waals surface area contributed by atoms with E-state index in [9.17, 15) is 4.79 Å². The Balaban J connectivity index is 1.97. The van der Waals surface area contributed by atoms with Gasteiger partial charge in [-0.3, -0.25) is 4.79 Å². The highest BCUT2D eigenvalue weighted by Crippen LogP contribution is 2.30. The van der Waals surface area contributed by atoms with Crippen molar-refractivity contribution in [1.29, 1.82) is 0 Å². The third-order valence-corrected chi connectivity index (χ3v) is 3.38. The molecule has 82 valence electrons. The van der Waals surface area contributed by atoms with E-state index >= 15 is 0 Å². The second-order valence-electron chi connectivity index (χ2n) is 4.42. The van der Waals surface area contributed by atoms with Gasteiger partial charge in [0.05, 0.1) is 11.7 Å². The van der Waals surface area contributed by atoms with Crippen molar-refractivity contribution in [1.82, 2.24) is 9.38 Å². The van der Waals surface area contributed by atoms with Crippen molar-refractivity contribution in [2.45, 2.75) is 31.6 Å². The predicted octanol–water partition coefficient (Wildman–Crippen LogP) is 2.56. The zero-order valence-electron chi connectivity index (χ0n) is 9.10. The van der Waals surface area contributed by atoms with Crippen LogP contribution in [0, 0.1) is 0 Å². The minimum absolute atomic E-state index is 0.400. The van der Waals surface area contributed by atoms with Crippen molar-refractivity contribution in [3.63, 3.8) is 0 Å². The fourth-order valence-corrected chi connectivity index (χ4v) is 2.46. The highest BCUT2D eigenvalue weighted by Gasteiger charge is 2.23. The molecule has 0 saturated heterocycles. The van der Waals surface area contributed by atoms with Crippen LogP contribution in [0.15, 0.2) is 30.6 Å². The second-order valence-corrected chi connectivity index (χ2v) is 4.42. The van der Waals surface area contributed by atoms with Crippen molar-refractivity contribution in [2.24, 2.45) is 0 Å². The SMILES string of the molecule is O=C1CCC(c2ncc3ccccn23)CC1. The molecular formula is C13H14N2O. The highest BCUT2D eigenvalue weighted by molar-refractivity contribution is 5.79. The average molecular weight is 214 g/mol. The Morgan fingerprint density at radius 3 is 2.88 bits per heavy atom. The van der Waals surface area contributed by atoms with E-state index in [0.717, 1.165) is 24.2 Å². The number of carbonyl (C=O) groups excluding carboxylic acids is 1. The van der Waals surface area contributed by atoms with Gasteiger partial charge in [0, 0.05) is 25.0 Å². The lowest BCUT2D eigenvalue weighted by Crippen LogP contribution is -2.14. The summed E-state index contributed by atoms with van der Waals surface area (Å²) in [7, 11) is 0. The molecule has 3 rings (SSSR count). The van der Waals surface area contributed by atoms with Gasteiger partial charge in [-0.2, -0.15) is 0 Å². The summed E-state index contributed by atoms with van der Waals surface area (Å²) in [6.45, 7) is 0. The number of hydrogen-bond acceptors (Lipinski definition) is 2. The number of aromatic nitrogens is 2. The fourth-order valence-electron chi connectivity index (χ4n) is 2.46. The number of ketones is 1. The summed E-state index contributed by atoms with van der Waals surface area (Å²) in [5.74, 6) is 1.96. The molecule has 0 aliphatic heterocycles. The second kappa shape index (κ2) is 3.74. The maximum absolute atomic E-state index is 11.2. The molecule has 0 bridgehead atoms. The maximum Gasteiger partial charge on any atom is 0.132 e. The molecule has 0 N–H and O–H groups in total. The predicted molar refractivity (Wildman–Crippen MR) is 61.4 cm³/mol. The molecule has 0 aromatic carbocycles. The van der Waals surface area contributed by atoms with Gasteiger partial charge in [0.1, 0.15) is 11.6 Å². The van der Waals surface area contributed by atoms with Gasteiger partial charge in [-0.1, -0.05) is 6.07 Å². The Morgan fingerprint density at radius 1 is 1.25 bits per heavy atom. The normalized spacial score (nSPS) is 18.1. The summed E-state index contributed by atoms with van der Waals surface area (Å²) in [4.78, 5) is 15.7. The van der Waals surface area contributed by atoms with Crippen LogP contribution < -0.4 is 0 Å². The standard InChI is InChI=1S/C13H14N2O/c16-12-6-4-10(5-7-12)13-14-9-11-3-1-2-8-15(11)13/h1-3,8-10H,4-7H2. The highest BCUT2D eigenvalue weighted by atomic mass is 16.1. The van der Waals surface area contributed by atoms with E-state index in [-0.39, 0.29) is 0 Å². The molecule has 1 aliphatic rings. The van der Waals surface area contributed by atoms with Gasteiger partial charge in [-0.15, -0.1) is 0 Å². The van der Waals surface area contributed by atoms with Crippen molar-refractivity contribution < 1.29 is 4.79 Å². The largest absolute Gasteiger partial charge is 0.304 e. The number of hydrogen-bond donors (Lipinski definition) is 0. The zero-order chi connectivity index (χ0) is 11.0. The van der Waals surface area contributed by atoms with Gasteiger partial charge in [-0.05, 0) is 25.0 Å². The van der Waals surface area contributed by atoms with Crippen molar-refractivity contribution in [3.05, 3.63) is 36.4 Å².